The molecule has 1 aromatic carbocycles. The van der Waals surface area contributed by atoms with Crippen molar-refractivity contribution in [2.45, 2.75) is 84.0 Å². The summed E-state index contributed by atoms with van der Waals surface area (Å²) in [6.45, 7) is 9.77. The highest BCUT2D eigenvalue weighted by atomic mass is 16.6. The number of benzene rings is 1. The molecule has 2 heterocycles. The molecular formula is C22H31N7O2. The number of anilines is 1. The zero-order valence-corrected chi connectivity index (χ0v) is 18.8. The number of ether oxygens (including phenoxy) is 1. The monoisotopic (exact) mass is 425 g/mol. The van der Waals surface area contributed by atoms with Crippen LogP contribution >= 0.6 is 0 Å². The first-order valence-electron chi connectivity index (χ1n) is 11.0. The van der Waals surface area contributed by atoms with Crippen LogP contribution in [0.25, 0.3) is 21.9 Å². The van der Waals surface area contributed by atoms with Crippen molar-refractivity contribution in [1.82, 2.24) is 30.3 Å². The number of carbonyl (C=O) groups is 1. The molecule has 3 aromatic rings. The average molecular weight is 426 g/mol. The van der Waals surface area contributed by atoms with Gasteiger partial charge in [0.15, 0.2) is 0 Å². The van der Waals surface area contributed by atoms with E-state index in [1.165, 1.54) is 0 Å². The van der Waals surface area contributed by atoms with Gasteiger partial charge in [0.2, 0.25) is 5.95 Å². The van der Waals surface area contributed by atoms with Crippen LogP contribution < -0.4 is 10.6 Å². The van der Waals surface area contributed by atoms with Crippen LogP contribution in [0.3, 0.4) is 0 Å². The Kier molecular flexibility index (Phi) is 5.68. The van der Waals surface area contributed by atoms with Crippen molar-refractivity contribution in [1.29, 1.82) is 0 Å². The summed E-state index contributed by atoms with van der Waals surface area (Å²) in [5, 5.41) is 16.0. The van der Waals surface area contributed by atoms with Gasteiger partial charge in [-0.15, -0.1) is 5.10 Å². The Morgan fingerprint density at radius 2 is 1.87 bits per heavy atom. The van der Waals surface area contributed by atoms with E-state index in [9.17, 15) is 4.79 Å². The molecule has 0 unspecified atom stereocenters. The summed E-state index contributed by atoms with van der Waals surface area (Å²) < 4.78 is 7.27. The Hall–Kier alpha value is -2.97. The molecule has 166 valence electrons. The highest BCUT2D eigenvalue weighted by Crippen LogP contribution is 2.26. The SMILES string of the molecule is CC(C)n1nnc2ccc3cnc(NC4CCC(NC(=O)OC(C)(C)C)CC4)nc3c21. The average Bonchev–Trinajstić information content (AvgIpc) is 3.13. The third-order valence-electron chi connectivity index (χ3n) is 5.45. The molecule has 0 spiro atoms. The van der Waals surface area contributed by atoms with Crippen LogP contribution in [0, 0.1) is 0 Å². The van der Waals surface area contributed by atoms with Gasteiger partial charge in [-0.3, -0.25) is 0 Å². The van der Waals surface area contributed by atoms with Gasteiger partial charge in [0.1, 0.15) is 22.2 Å². The zero-order valence-electron chi connectivity index (χ0n) is 18.8. The highest BCUT2D eigenvalue weighted by molar-refractivity contribution is 6.01. The van der Waals surface area contributed by atoms with Crippen molar-refractivity contribution >= 4 is 34.0 Å². The van der Waals surface area contributed by atoms with Crippen LogP contribution in [0.2, 0.25) is 0 Å². The molecule has 0 aliphatic heterocycles. The summed E-state index contributed by atoms with van der Waals surface area (Å²) in [7, 11) is 0. The molecule has 2 N–H and O–H groups in total. The molecule has 2 aromatic heterocycles. The van der Waals surface area contributed by atoms with Crippen LogP contribution in [-0.2, 0) is 4.74 Å². The minimum absolute atomic E-state index is 0.136. The van der Waals surface area contributed by atoms with Gasteiger partial charge in [-0.2, -0.15) is 0 Å². The fourth-order valence-electron chi connectivity index (χ4n) is 3.99. The Morgan fingerprint density at radius 3 is 2.55 bits per heavy atom. The van der Waals surface area contributed by atoms with E-state index in [0.717, 1.165) is 47.6 Å². The first-order valence-corrected chi connectivity index (χ1v) is 11.0. The standard InChI is InChI=1S/C22H31N7O2/c1-13(2)29-19-17(27-28-29)11-6-14-12-23-20(26-18(14)19)24-15-7-9-16(10-8-15)25-21(30)31-22(3,4)5/h6,11-13,15-16H,7-10H2,1-5H3,(H,25,30)(H,23,24,26). The molecule has 1 amide bonds. The molecule has 1 saturated carbocycles. The predicted octanol–water partition coefficient (Wildman–Crippen LogP) is 4.20. The minimum Gasteiger partial charge on any atom is -0.444 e. The molecule has 9 heteroatoms. The van der Waals surface area contributed by atoms with Crippen LogP contribution in [-0.4, -0.2) is 48.7 Å². The van der Waals surface area contributed by atoms with Gasteiger partial charge in [0.25, 0.3) is 0 Å². The Labute approximate surface area is 182 Å². The van der Waals surface area contributed by atoms with Crippen LogP contribution in [0.15, 0.2) is 18.3 Å². The maximum Gasteiger partial charge on any atom is 0.407 e. The molecule has 0 saturated heterocycles. The number of aromatic nitrogens is 5. The summed E-state index contributed by atoms with van der Waals surface area (Å²) in [5.41, 5.74) is 2.14. The van der Waals surface area contributed by atoms with Gasteiger partial charge in [-0.1, -0.05) is 5.21 Å². The van der Waals surface area contributed by atoms with Gasteiger partial charge in [0, 0.05) is 29.7 Å². The Bertz CT molecular complexity index is 1080. The molecule has 31 heavy (non-hydrogen) atoms. The molecular weight excluding hydrogens is 394 g/mol. The summed E-state index contributed by atoms with van der Waals surface area (Å²) in [6.07, 6.45) is 5.13. The normalized spacial score (nSPS) is 19.7. The number of carbonyl (C=O) groups excluding carboxylic acids is 1. The zero-order chi connectivity index (χ0) is 22.2. The Balaban J connectivity index is 1.43. The van der Waals surface area contributed by atoms with E-state index in [2.05, 4.69) is 39.8 Å². The third kappa shape index (κ3) is 4.86. The molecule has 1 fully saturated rings. The lowest BCUT2D eigenvalue weighted by molar-refractivity contribution is 0.0492. The van der Waals surface area contributed by atoms with Crippen LogP contribution in [0.1, 0.15) is 66.3 Å². The van der Waals surface area contributed by atoms with Crippen LogP contribution in [0.4, 0.5) is 10.7 Å². The number of rotatable bonds is 4. The van der Waals surface area contributed by atoms with E-state index in [4.69, 9.17) is 9.72 Å². The van der Waals surface area contributed by atoms with E-state index in [1.54, 1.807) is 0 Å². The van der Waals surface area contributed by atoms with Crippen molar-refractivity contribution in [3.63, 3.8) is 0 Å². The molecule has 0 atom stereocenters. The fraction of sp³-hybridized carbons (Fsp3) is 0.591. The fourth-order valence-corrected chi connectivity index (χ4v) is 3.99. The van der Waals surface area contributed by atoms with E-state index in [0.29, 0.717) is 5.95 Å². The Morgan fingerprint density at radius 1 is 1.16 bits per heavy atom. The number of alkyl carbamates (subject to hydrolysis) is 1. The summed E-state index contributed by atoms with van der Waals surface area (Å²) in [6, 6.07) is 4.53. The van der Waals surface area contributed by atoms with Gasteiger partial charge in [-0.05, 0) is 72.4 Å². The first kappa shape index (κ1) is 21.3. The quantitative estimate of drug-likeness (QED) is 0.645. The number of nitrogens with one attached hydrogen (secondary N) is 2. The number of amides is 1. The lowest BCUT2D eigenvalue weighted by Crippen LogP contribution is -2.42. The minimum atomic E-state index is -0.484. The third-order valence-corrected chi connectivity index (χ3v) is 5.45. The van der Waals surface area contributed by atoms with Crippen molar-refractivity contribution in [2.75, 3.05) is 5.32 Å². The van der Waals surface area contributed by atoms with Crippen LogP contribution in [0.5, 0.6) is 0 Å². The maximum atomic E-state index is 12.0. The van der Waals surface area contributed by atoms with Gasteiger partial charge in [-0.25, -0.2) is 19.4 Å². The van der Waals surface area contributed by atoms with Gasteiger partial charge < -0.3 is 15.4 Å². The summed E-state index contributed by atoms with van der Waals surface area (Å²) in [5.74, 6) is 0.611. The lowest BCUT2D eigenvalue weighted by Gasteiger charge is -2.30. The second kappa shape index (κ2) is 8.28. The number of hydrogen-bond donors (Lipinski definition) is 2. The second-order valence-electron chi connectivity index (χ2n) is 9.53. The molecule has 0 radical (unpaired) electrons. The molecule has 1 aliphatic carbocycles. The smallest absolute Gasteiger partial charge is 0.407 e. The van der Waals surface area contributed by atoms with Crippen molar-refractivity contribution in [2.24, 2.45) is 0 Å². The summed E-state index contributed by atoms with van der Waals surface area (Å²) >= 11 is 0. The summed E-state index contributed by atoms with van der Waals surface area (Å²) in [4.78, 5) is 21.3. The molecule has 9 nitrogen and oxygen atoms in total. The predicted molar refractivity (Wildman–Crippen MR) is 120 cm³/mol. The molecule has 4 rings (SSSR count). The first-order chi connectivity index (χ1) is 14.7. The van der Waals surface area contributed by atoms with E-state index in [1.807, 2.05) is 43.8 Å². The van der Waals surface area contributed by atoms with Gasteiger partial charge in [0.05, 0.1) is 0 Å². The number of fused-ring (bicyclic) bond motifs is 3. The van der Waals surface area contributed by atoms with Crippen molar-refractivity contribution in [3.05, 3.63) is 18.3 Å². The van der Waals surface area contributed by atoms with Gasteiger partial charge >= 0.3 is 6.09 Å². The van der Waals surface area contributed by atoms with Crippen molar-refractivity contribution in [3.8, 4) is 0 Å². The largest absolute Gasteiger partial charge is 0.444 e. The highest BCUT2D eigenvalue weighted by Gasteiger charge is 2.25. The topological polar surface area (TPSA) is 107 Å². The lowest BCUT2D eigenvalue weighted by atomic mass is 9.91. The second-order valence-corrected chi connectivity index (χ2v) is 9.53. The number of hydrogen-bond acceptors (Lipinski definition) is 7. The van der Waals surface area contributed by atoms with E-state index in [-0.39, 0.29) is 24.2 Å². The van der Waals surface area contributed by atoms with E-state index >= 15 is 0 Å². The van der Waals surface area contributed by atoms with E-state index < -0.39 is 5.60 Å². The maximum absolute atomic E-state index is 12.0. The number of nitrogens with zero attached hydrogens (tertiary/aromatic N) is 5. The molecule has 0 bridgehead atoms. The van der Waals surface area contributed by atoms with Crippen molar-refractivity contribution < 1.29 is 9.53 Å². The molecule has 1 aliphatic rings.